The Morgan fingerprint density at radius 3 is 2.71 bits per heavy atom. The first-order valence-electron chi connectivity index (χ1n) is 7.21. The summed E-state index contributed by atoms with van der Waals surface area (Å²) in [4.78, 5) is 16.7. The summed E-state index contributed by atoms with van der Waals surface area (Å²) in [5, 5.41) is 3.89. The van der Waals surface area contributed by atoms with E-state index in [1.807, 2.05) is 24.3 Å². The fourth-order valence-electron chi connectivity index (χ4n) is 2.32. The zero-order valence-corrected chi connectivity index (χ0v) is 13.7. The van der Waals surface area contributed by atoms with Crippen LogP contribution in [0.25, 0.3) is 10.2 Å². The van der Waals surface area contributed by atoms with Gasteiger partial charge in [0.05, 0.1) is 22.7 Å². The molecule has 114 valence electrons. The van der Waals surface area contributed by atoms with Gasteiger partial charge in [-0.3, -0.25) is 4.79 Å². The summed E-state index contributed by atoms with van der Waals surface area (Å²) < 4.78 is 1.15. The van der Waals surface area contributed by atoms with Crippen molar-refractivity contribution in [1.29, 1.82) is 0 Å². The van der Waals surface area contributed by atoms with Gasteiger partial charge in [-0.25, -0.2) is 4.98 Å². The Balaban J connectivity index is 1.96. The van der Waals surface area contributed by atoms with Crippen LogP contribution in [0.2, 0.25) is 0 Å². The molecule has 0 fully saturated rings. The molecule has 1 amide bonds. The van der Waals surface area contributed by atoms with Crippen LogP contribution in [0.4, 0.5) is 0 Å². The number of rotatable bonds is 5. The van der Waals surface area contributed by atoms with Gasteiger partial charge in [-0.15, -0.1) is 11.3 Å². The van der Waals surface area contributed by atoms with Gasteiger partial charge in [0.2, 0.25) is 5.91 Å². The van der Waals surface area contributed by atoms with Crippen molar-refractivity contribution < 1.29 is 4.79 Å². The lowest BCUT2D eigenvalue weighted by molar-refractivity contribution is -0.125. The lowest BCUT2D eigenvalue weighted by Gasteiger charge is -2.24. The molecule has 1 unspecified atom stereocenters. The summed E-state index contributed by atoms with van der Waals surface area (Å²) in [6.07, 6.45) is 0.787. The molecule has 4 nitrogen and oxygen atoms in total. The molecule has 2 rings (SSSR count). The molecule has 0 aliphatic heterocycles. The average molecular weight is 305 g/mol. The van der Waals surface area contributed by atoms with Gasteiger partial charge >= 0.3 is 0 Å². The van der Waals surface area contributed by atoms with Gasteiger partial charge in [0.25, 0.3) is 0 Å². The van der Waals surface area contributed by atoms with E-state index in [9.17, 15) is 4.79 Å². The molecular formula is C16H23N3OS. The van der Waals surface area contributed by atoms with Crippen LogP contribution in [0.15, 0.2) is 24.3 Å². The van der Waals surface area contributed by atoms with Crippen LogP contribution in [0.5, 0.6) is 0 Å². The molecule has 3 N–H and O–H groups in total. The number of benzene rings is 1. The zero-order valence-electron chi connectivity index (χ0n) is 12.8. The number of nitrogens with two attached hydrogens (primary N) is 1. The van der Waals surface area contributed by atoms with Crippen LogP contribution in [0.3, 0.4) is 0 Å². The van der Waals surface area contributed by atoms with Crippen molar-refractivity contribution >= 4 is 27.5 Å². The van der Waals surface area contributed by atoms with Crippen molar-refractivity contribution in [3.05, 3.63) is 29.3 Å². The predicted molar refractivity (Wildman–Crippen MR) is 88.1 cm³/mol. The molecule has 5 heteroatoms. The number of amides is 1. The van der Waals surface area contributed by atoms with E-state index in [2.05, 4.69) is 31.1 Å². The summed E-state index contributed by atoms with van der Waals surface area (Å²) >= 11 is 1.61. The highest BCUT2D eigenvalue weighted by Gasteiger charge is 2.23. The molecule has 1 atom stereocenters. The molecule has 1 aromatic carbocycles. The van der Waals surface area contributed by atoms with E-state index in [4.69, 9.17) is 5.73 Å². The third-order valence-electron chi connectivity index (χ3n) is 3.27. The molecule has 0 saturated heterocycles. The first-order valence-corrected chi connectivity index (χ1v) is 8.03. The monoisotopic (exact) mass is 305 g/mol. The van der Waals surface area contributed by atoms with E-state index in [0.717, 1.165) is 21.6 Å². The minimum absolute atomic E-state index is 0.0201. The Hall–Kier alpha value is -1.46. The maximum Gasteiger partial charge on any atom is 0.224 e. The number of carbonyl (C=O) groups excluding carboxylic acids is 1. The fourth-order valence-corrected chi connectivity index (χ4v) is 3.23. The number of aromatic nitrogens is 1. The van der Waals surface area contributed by atoms with Crippen molar-refractivity contribution in [3.8, 4) is 0 Å². The highest BCUT2D eigenvalue weighted by molar-refractivity contribution is 7.18. The topological polar surface area (TPSA) is 68.0 Å². The molecule has 1 heterocycles. The van der Waals surface area contributed by atoms with Crippen LogP contribution < -0.4 is 11.1 Å². The lowest BCUT2D eigenvalue weighted by Crippen LogP contribution is -2.36. The second-order valence-corrected chi connectivity index (χ2v) is 7.61. The zero-order chi connectivity index (χ0) is 15.5. The Bertz CT molecular complexity index is 582. The van der Waals surface area contributed by atoms with Gasteiger partial charge in [0.15, 0.2) is 0 Å². The van der Waals surface area contributed by atoms with Crippen molar-refractivity contribution in [2.45, 2.75) is 33.7 Å². The van der Waals surface area contributed by atoms with E-state index >= 15 is 0 Å². The lowest BCUT2D eigenvalue weighted by atomic mass is 9.84. The van der Waals surface area contributed by atoms with Gasteiger partial charge in [0.1, 0.15) is 5.01 Å². The third-order valence-corrected chi connectivity index (χ3v) is 4.30. The number of hydrogen-bond donors (Lipinski definition) is 2. The van der Waals surface area contributed by atoms with E-state index in [1.165, 1.54) is 0 Å². The van der Waals surface area contributed by atoms with Gasteiger partial charge in [-0.05, 0) is 24.0 Å². The second kappa shape index (κ2) is 6.54. The summed E-state index contributed by atoms with van der Waals surface area (Å²) in [5.74, 6) is -0.119. The van der Waals surface area contributed by atoms with E-state index in [-0.39, 0.29) is 17.2 Å². The van der Waals surface area contributed by atoms with E-state index < -0.39 is 0 Å². The Labute approximate surface area is 129 Å². The van der Waals surface area contributed by atoms with Gasteiger partial charge in [-0.1, -0.05) is 32.9 Å². The van der Waals surface area contributed by atoms with E-state index in [1.54, 1.807) is 11.3 Å². The fraction of sp³-hybridized carbons (Fsp3) is 0.500. The number of fused-ring (bicyclic) bond motifs is 1. The van der Waals surface area contributed by atoms with Crippen molar-refractivity contribution in [3.63, 3.8) is 0 Å². The minimum Gasteiger partial charge on any atom is -0.349 e. The molecule has 0 aliphatic rings. The number of hydrogen-bond acceptors (Lipinski definition) is 4. The van der Waals surface area contributed by atoms with Crippen LogP contribution in [0, 0.1) is 11.3 Å². The SMILES string of the molecule is CC(C)(C)CC(CN)C(=O)NCc1nc2ccccc2s1. The van der Waals surface area contributed by atoms with Gasteiger partial charge in [0, 0.05) is 6.54 Å². The van der Waals surface area contributed by atoms with Crippen LogP contribution in [-0.4, -0.2) is 17.4 Å². The molecule has 0 saturated carbocycles. The number of thiazole rings is 1. The number of carbonyl (C=O) groups is 1. The summed E-state index contributed by atoms with van der Waals surface area (Å²) in [7, 11) is 0. The second-order valence-electron chi connectivity index (χ2n) is 6.49. The Morgan fingerprint density at radius 1 is 1.38 bits per heavy atom. The predicted octanol–water partition coefficient (Wildman–Crippen LogP) is 2.92. The first-order chi connectivity index (χ1) is 9.89. The Morgan fingerprint density at radius 2 is 2.10 bits per heavy atom. The number of nitrogens with one attached hydrogen (secondary N) is 1. The van der Waals surface area contributed by atoms with Crippen molar-refractivity contribution in [1.82, 2.24) is 10.3 Å². The van der Waals surface area contributed by atoms with Crippen LogP contribution in [0.1, 0.15) is 32.2 Å². The highest BCUT2D eigenvalue weighted by atomic mass is 32.1. The largest absolute Gasteiger partial charge is 0.349 e. The maximum absolute atomic E-state index is 12.2. The minimum atomic E-state index is -0.139. The molecule has 2 aromatic rings. The summed E-state index contributed by atoms with van der Waals surface area (Å²) in [5.41, 5.74) is 6.81. The molecule has 0 aliphatic carbocycles. The van der Waals surface area contributed by atoms with Crippen LogP contribution >= 0.6 is 11.3 Å². The van der Waals surface area contributed by atoms with Gasteiger partial charge in [-0.2, -0.15) is 0 Å². The first kappa shape index (κ1) is 15.9. The molecule has 0 radical (unpaired) electrons. The van der Waals surface area contributed by atoms with Crippen molar-refractivity contribution in [2.24, 2.45) is 17.1 Å². The molecule has 1 aromatic heterocycles. The molecule has 0 bridgehead atoms. The number of nitrogens with zero attached hydrogens (tertiary/aromatic N) is 1. The Kier molecular flexibility index (Phi) is 4.96. The highest BCUT2D eigenvalue weighted by Crippen LogP contribution is 2.24. The average Bonchev–Trinajstić information content (AvgIpc) is 2.84. The van der Waals surface area contributed by atoms with Gasteiger partial charge < -0.3 is 11.1 Å². The quantitative estimate of drug-likeness (QED) is 0.892. The van der Waals surface area contributed by atoms with Crippen LogP contribution in [-0.2, 0) is 11.3 Å². The van der Waals surface area contributed by atoms with Crippen molar-refractivity contribution in [2.75, 3.05) is 6.54 Å². The third kappa shape index (κ3) is 4.51. The van der Waals surface area contributed by atoms with E-state index in [0.29, 0.717) is 13.1 Å². The summed E-state index contributed by atoms with van der Waals surface area (Å²) in [6, 6.07) is 7.99. The smallest absolute Gasteiger partial charge is 0.224 e. The maximum atomic E-state index is 12.2. The standard InChI is InChI=1S/C16H23N3OS/c1-16(2,3)8-11(9-17)15(20)18-10-14-19-12-6-4-5-7-13(12)21-14/h4-7,11H,8-10,17H2,1-3H3,(H,18,20). The molecular weight excluding hydrogens is 282 g/mol. The summed E-state index contributed by atoms with van der Waals surface area (Å²) in [6.45, 7) is 7.21. The number of para-hydroxylation sites is 1. The molecule has 0 spiro atoms. The normalized spacial score (nSPS) is 13.3. The molecule has 21 heavy (non-hydrogen) atoms.